The molecular formula is C15H21N3S. The summed E-state index contributed by atoms with van der Waals surface area (Å²) < 4.78 is 0. The van der Waals surface area contributed by atoms with Gasteiger partial charge in [0.15, 0.2) is 0 Å². The molecule has 0 unspecified atom stereocenters. The zero-order valence-corrected chi connectivity index (χ0v) is 12.7. The van der Waals surface area contributed by atoms with Crippen LogP contribution in [0.1, 0.15) is 36.4 Å². The van der Waals surface area contributed by atoms with Gasteiger partial charge < -0.3 is 5.32 Å². The number of rotatable bonds is 6. The van der Waals surface area contributed by atoms with Crippen molar-refractivity contribution in [2.45, 2.75) is 40.2 Å². The van der Waals surface area contributed by atoms with E-state index in [-0.39, 0.29) is 0 Å². The summed E-state index contributed by atoms with van der Waals surface area (Å²) in [6, 6.07) is 2.07. The molecule has 0 aliphatic rings. The average Bonchev–Trinajstić information content (AvgIpc) is 2.80. The van der Waals surface area contributed by atoms with Crippen molar-refractivity contribution in [3.8, 4) is 10.6 Å². The summed E-state index contributed by atoms with van der Waals surface area (Å²) in [5.41, 5.74) is 3.64. The molecular weight excluding hydrogens is 254 g/mol. The fraction of sp³-hybridized carbons (Fsp3) is 0.467. The van der Waals surface area contributed by atoms with E-state index < -0.39 is 0 Å². The minimum Gasteiger partial charge on any atom is -0.312 e. The van der Waals surface area contributed by atoms with Gasteiger partial charge in [0.1, 0.15) is 5.01 Å². The molecule has 19 heavy (non-hydrogen) atoms. The normalized spacial score (nSPS) is 10.9. The van der Waals surface area contributed by atoms with Crippen LogP contribution in [0.15, 0.2) is 18.5 Å². The molecule has 2 aromatic heterocycles. The van der Waals surface area contributed by atoms with E-state index >= 15 is 0 Å². The van der Waals surface area contributed by atoms with Gasteiger partial charge in [-0.1, -0.05) is 13.8 Å². The first kappa shape index (κ1) is 14.2. The molecule has 0 aliphatic carbocycles. The van der Waals surface area contributed by atoms with Crippen LogP contribution in [0.3, 0.4) is 0 Å². The summed E-state index contributed by atoms with van der Waals surface area (Å²) in [6.07, 6.45) is 5.95. The van der Waals surface area contributed by atoms with Gasteiger partial charge in [-0.05, 0) is 37.9 Å². The van der Waals surface area contributed by atoms with Gasteiger partial charge in [-0.2, -0.15) is 0 Å². The van der Waals surface area contributed by atoms with Crippen molar-refractivity contribution in [3.05, 3.63) is 34.6 Å². The average molecular weight is 275 g/mol. The van der Waals surface area contributed by atoms with Crippen molar-refractivity contribution < 1.29 is 0 Å². The quantitative estimate of drug-likeness (QED) is 0.819. The number of aryl methyl sites for hydroxylation is 2. The number of nitrogens with zero attached hydrogens (tertiary/aromatic N) is 2. The zero-order chi connectivity index (χ0) is 13.7. The fourth-order valence-corrected chi connectivity index (χ4v) is 3.10. The van der Waals surface area contributed by atoms with Crippen molar-refractivity contribution in [1.29, 1.82) is 0 Å². The molecule has 2 aromatic rings. The van der Waals surface area contributed by atoms with Gasteiger partial charge in [-0.15, -0.1) is 11.3 Å². The second-order valence-corrected chi connectivity index (χ2v) is 5.67. The van der Waals surface area contributed by atoms with Gasteiger partial charge in [0.05, 0.1) is 5.69 Å². The van der Waals surface area contributed by atoms with Crippen LogP contribution < -0.4 is 5.32 Å². The van der Waals surface area contributed by atoms with E-state index in [4.69, 9.17) is 4.98 Å². The second-order valence-electron chi connectivity index (χ2n) is 4.59. The topological polar surface area (TPSA) is 37.8 Å². The molecule has 0 saturated heterocycles. The van der Waals surface area contributed by atoms with Gasteiger partial charge in [-0.25, -0.2) is 4.98 Å². The standard InChI is InChI=1S/C15H21N3S/c1-4-7-16-10-14-11(3)18-15(19-14)13-6-8-17-9-12(13)5-2/h6,8-9,16H,4-5,7,10H2,1-3H3. The fourth-order valence-electron chi connectivity index (χ4n) is 2.00. The molecule has 2 heterocycles. The Morgan fingerprint density at radius 3 is 2.89 bits per heavy atom. The molecule has 4 heteroatoms. The predicted molar refractivity (Wildman–Crippen MR) is 81.5 cm³/mol. The molecule has 102 valence electrons. The van der Waals surface area contributed by atoms with Gasteiger partial charge in [0, 0.05) is 29.4 Å². The van der Waals surface area contributed by atoms with Gasteiger partial charge in [0.25, 0.3) is 0 Å². The van der Waals surface area contributed by atoms with E-state index in [1.807, 2.05) is 12.4 Å². The number of nitrogens with one attached hydrogen (secondary N) is 1. The predicted octanol–water partition coefficient (Wildman–Crippen LogP) is 3.58. The molecule has 0 atom stereocenters. The van der Waals surface area contributed by atoms with E-state index in [1.165, 1.54) is 16.0 Å². The minimum absolute atomic E-state index is 0.921. The van der Waals surface area contributed by atoms with Crippen LogP contribution >= 0.6 is 11.3 Å². The lowest BCUT2D eigenvalue weighted by Crippen LogP contribution is -2.13. The summed E-state index contributed by atoms with van der Waals surface area (Å²) in [5.74, 6) is 0. The Balaban J connectivity index is 2.23. The molecule has 0 aromatic carbocycles. The third-order valence-electron chi connectivity index (χ3n) is 3.12. The number of hydrogen-bond donors (Lipinski definition) is 1. The molecule has 3 nitrogen and oxygen atoms in total. The molecule has 0 fully saturated rings. The molecule has 0 amide bonds. The second kappa shape index (κ2) is 6.78. The molecule has 0 radical (unpaired) electrons. The molecule has 0 aliphatic heterocycles. The van der Waals surface area contributed by atoms with Gasteiger partial charge in [-0.3, -0.25) is 4.98 Å². The molecule has 0 spiro atoms. The highest BCUT2D eigenvalue weighted by atomic mass is 32.1. The van der Waals surface area contributed by atoms with E-state index in [0.717, 1.165) is 36.6 Å². The molecule has 0 bridgehead atoms. The Morgan fingerprint density at radius 1 is 1.32 bits per heavy atom. The Kier molecular flexibility index (Phi) is 5.05. The lowest BCUT2D eigenvalue weighted by molar-refractivity contribution is 0.678. The van der Waals surface area contributed by atoms with E-state index in [9.17, 15) is 0 Å². The monoisotopic (exact) mass is 275 g/mol. The number of aromatic nitrogens is 2. The number of pyridine rings is 1. The lowest BCUT2D eigenvalue weighted by Gasteiger charge is -2.02. The summed E-state index contributed by atoms with van der Waals surface area (Å²) in [4.78, 5) is 10.3. The SMILES string of the molecule is CCCNCc1sc(-c2ccncc2CC)nc1C. The van der Waals surface area contributed by atoms with Crippen LogP contribution in [0, 0.1) is 6.92 Å². The molecule has 1 N–H and O–H groups in total. The van der Waals surface area contributed by atoms with Crippen LogP contribution in [0.2, 0.25) is 0 Å². The Morgan fingerprint density at radius 2 is 2.16 bits per heavy atom. The van der Waals surface area contributed by atoms with Crippen LogP contribution in [0.5, 0.6) is 0 Å². The zero-order valence-electron chi connectivity index (χ0n) is 11.9. The maximum Gasteiger partial charge on any atom is 0.124 e. The van der Waals surface area contributed by atoms with Crippen LogP contribution in [0.25, 0.3) is 10.6 Å². The summed E-state index contributed by atoms with van der Waals surface area (Å²) in [6.45, 7) is 8.41. The van der Waals surface area contributed by atoms with E-state index in [0.29, 0.717) is 0 Å². The Labute approximate surface area is 119 Å². The number of hydrogen-bond acceptors (Lipinski definition) is 4. The van der Waals surface area contributed by atoms with E-state index in [2.05, 4.69) is 37.1 Å². The summed E-state index contributed by atoms with van der Waals surface area (Å²) in [7, 11) is 0. The largest absolute Gasteiger partial charge is 0.312 e. The minimum atomic E-state index is 0.921. The first-order valence-electron chi connectivity index (χ1n) is 6.86. The van der Waals surface area contributed by atoms with Crippen molar-refractivity contribution in [1.82, 2.24) is 15.3 Å². The van der Waals surface area contributed by atoms with Crippen molar-refractivity contribution in [2.24, 2.45) is 0 Å². The number of thiazole rings is 1. The van der Waals surface area contributed by atoms with Gasteiger partial charge >= 0.3 is 0 Å². The Bertz CT molecular complexity index is 534. The first-order valence-corrected chi connectivity index (χ1v) is 7.68. The highest BCUT2D eigenvalue weighted by molar-refractivity contribution is 7.15. The Hall–Kier alpha value is -1.26. The summed E-state index contributed by atoms with van der Waals surface area (Å²) >= 11 is 1.79. The van der Waals surface area contributed by atoms with Crippen LogP contribution in [-0.2, 0) is 13.0 Å². The first-order chi connectivity index (χ1) is 9.26. The molecule has 0 saturated carbocycles. The lowest BCUT2D eigenvalue weighted by atomic mass is 10.1. The van der Waals surface area contributed by atoms with Crippen molar-refractivity contribution in [2.75, 3.05) is 6.54 Å². The molecule has 2 rings (SSSR count). The van der Waals surface area contributed by atoms with Crippen LogP contribution in [0.4, 0.5) is 0 Å². The highest BCUT2D eigenvalue weighted by Gasteiger charge is 2.11. The summed E-state index contributed by atoms with van der Waals surface area (Å²) in [5, 5.41) is 4.56. The highest BCUT2D eigenvalue weighted by Crippen LogP contribution is 2.30. The van der Waals surface area contributed by atoms with Gasteiger partial charge in [0.2, 0.25) is 0 Å². The third-order valence-corrected chi connectivity index (χ3v) is 4.31. The van der Waals surface area contributed by atoms with E-state index in [1.54, 1.807) is 11.3 Å². The smallest absolute Gasteiger partial charge is 0.124 e. The maximum absolute atomic E-state index is 4.72. The van der Waals surface area contributed by atoms with Crippen molar-refractivity contribution >= 4 is 11.3 Å². The van der Waals surface area contributed by atoms with Crippen LogP contribution in [-0.4, -0.2) is 16.5 Å². The maximum atomic E-state index is 4.72. The third kappa shape index (κ3) is 3.39. The van der Waals surface area contributed by atoms with Crippen molar-refractivity contribution in [3.63, 3.8) is 0 Å².